The van der Waals surface area contributed by atoms with Gasteiger partial charge >= 0.3 is 0 Å². The normalized spacial score (nSPS) is 11.5. The summed E-state index contributed by atoms with van der Waals surface area (Å²) in [6.07, 6.45) is 0. The van der Waals surface area contributed by atoms with Crippen molar-refractivity contribution in [1.29, 1.82) is 0 Å². The maximum absolute atomic E-state index is 12.0. The highest BCUT2D eigenvalue weighted by atomic mass is 16.5. The van der Waals surface area contributed by atoms with Crippen molar-refractivity contribution in [2.75, 3.05) is 32.1 Å². The Labute approximate surface area is 142 Å². The Morgan fingerprint density at radius 2 is 2.00 bits per heavy atom. The molecule has 0 aliphatic heterocycles. The highest BCUT2D eigenvalue weighted by Gasteiger charge is 2.19. The van der Waals surface area contributed by atoms with Crippen molar-refractivity contribution in [3.63, 3.8) is 0 Å². The van der Waals surface area contributed by atoms with Crippen LogP contribution in [0.25, 0.3) is 0 Å². The topological polar surface area (TPSA) is 67.6 Å². The molecule has 0 fully saturated rings. The molecule has 6 nitrogen and oxygen atoms in total. The van der Waals surface area contributed by atoms with Crippen molar-refractivity contribution in [2.45, 2.75) is 26.2 Å². The van der Waals surface area contributed by atoms with E-state index in [0.717, 1.165) is 11.4 Å². The van der Waals surface area contributed by atoms with Crippen molar-refractivity contribution in [3.05, 3.63) is 42.1 Å². The van der Waals surface area contributed by atoms with Gasteiger partial charge in [-0.15, -0.1) is 0 Å². The fourth-order valence-corrected chi connectivity index (χ4v) is 2.02. The Morgan fingerprint density at radius 1 is 1.29 bits per heavy atom. The minimum absolute atomic E-state index is 0.113. The largest absolute Gasteiger partial charge is 0.492 e. The third-order valence-corrected chi connectivity index (χ3v) is 3.44. The summed E-state index contributed by atoms with van der Waals surface area (Å²) in [4.78, 5) is 13.9. The van der Waals surface area contributed by atoms with Crippen LogP contribution in [0.5, 0.6) is 5.75 Å². The molecular weight excluding hydrogens is 306 g/mol. The van der Waals surface area contributed by atoms with E-state index in [4.69, 9.17) is 9.26 Å². The highest BCUT2D eigenvalue weighted by Crippen LogP contribution is 2.23. The molecular formula is C18H25N3O3. The van der Waals surface area contributed by atoms with Gasteiger partial charge in [-0.05, 0) is 19.2 Å². The lowest BCUT2D eigenvalue weighted by molar-refractivity contribution is -0.117. The fourth-order valence-electron chi connectivity index (χ4n) is 2.02. The standard InChI is InChI=1S/C18H25N3O3/c1-18(2,3)15-12-17(24-20-15)19-16(22)13-21(4)10-11-23-14-8-6-5-7-9-14/h5-9,12H,10-11,13H2,1-4H3,(H,19,22). The summed E-state index contributed by atoms with van der Waals surface area (Å²) in [5.74, 6) is 1.06. The summed E-state index contributed by atoms with van der Waals surface area (Å²) in [6, 6.07) is 11.4. The number of carbonyl (C=O) groups excluding carboxylic acids is 1. The van der Waals surface area contributed by atoms with Crippen molar-refractivity contribution in [3.8, 4) is 5.75 Å². The summed E-state index contributed by atoms with van der Waals surface area (Å²) in [7, 11) is 1.87. The van der Waals surface area contributed by atoms with Gasteiger partial charge in [-0.1, -0.05) is 44.1 Å². The summed E-state index contributed by atoms with van der Waals surface area (Å²) >= 11 is 0. The van der Waals surface area contributed by atoms with Crippen LogP contribution in [-0.2, 0) is 10.2 Å². The summed E-state index contributed by atoms with van der Waals surface area (Å²) in [5, 5.41) is 6.70. The number of likely N-dealkylation sites (N-methyl/N-ethyl adjacent to an activating group) is 1. The van der Waals surface area contributed by atoms with Gasteiger partial charge < -0.3 is 9.26 Å². The molecule has 2 rings (SSSR count). The Kier molecular flexibility index (Phi) is 5.98. The molecule has 1 aromatic carbocycles. The number of anilines is 1. The fraction of sp³-hybridized carbons (Fsp3) is 0.444. The lowest BCUT2D eigenvalue weighted by Gasteiger charge is -2.16. The van der Waals surface area contributed by atoms with Crippen LogP contribution in [0.15, 0.2) is 40.9 Å². The third kappa shape index (κ3) is 5.70. The van der Waals surface area contributed by atoms with E-state index in [0.29, 0.717) is 19.0 Å². The molecule has 1 aromatic heterocycles. The maximum atomic E-state index is 12.0. The molecule has 130 valence electrons. The Bertz CT molecular complexity index is 647. The number of hydrogen-bond acceptors (Lipinski definition) is 5. The molecule has 0 saturated carbocycles. The molecule has 0 radical (unpaired) electrons. The van der Waals surface area contributed by atoms with Crippen LogP contribution >= 0.6 is 0 Å². The SMILES string of the molecule is CN(CCOc1ccccc1)CC(=O)Nc1cc(C(C)(C)C)no1. The highest BCUT2D eigenvalue weighted by molar-refractivity contribution is 5.90. The summed E-state index contributed by atoms with van der Waals surface area (Å²) < 4.78 is 10.8. The number of ether oxygens (including phenoxy) is 1. The van der Waals surface area contributed by atoms with Crippen molar-refractivity contribution in [2.24, 2.45) is 0 Å². The number of nitrogens with one attached hydrogen (secondary N) is 1. The Hall–Kier alpha value is -2.34. The first-order valence-electron chi connectivity index (χ1n) is 7.98. The molecule has 1 amide bonds. The zero-order valence-corrected chi connectivity index (χ0v) is 14.7. The lowest BCUT2D eigenvalue weighted by atomic mass is 9.92. The summed E-state index contributed by atoms with van der Waals surface area (Å²) in [6.45, 7) is 7.53. The van der Waals surface area contributed by atoms with E-state index in [1.54, 1.807) is 6.07 Å². The van der Waals surface area contributed by atoms with Crippen molar-refractivity contribution >= 4 is 11.8 Å². The van der Waals surface area contributed by atoms with Crippen molar-refractivity contribution < 1.29 is 14.1 Å². The average molecular weight is 331 g/mol. The first-order chi connectivity index (χ1) is 11.3. The van der Waals surface area contributed by atoms with Crippen LogP contribution in [0.3, 0.4) is 0 Å². The molecule has 24 heavy (non-hydrogen) atoms. The number of benzene rings is 1. The third-order valence-electron chi connectivity index (χ3n) is 3.44. The van der Waals surface area contributed by atoms with E-state index < -0.39 is 0 Å². The van der Waals surface area contributed by atoms with Gasteiger partial charge in [0.2, 0.25) is 11.8 Å². The second kappa shape index (κ2) is 7.97. The maximum Gasteiger partial charge on any atom is 0.240 e. The monoisotopic (exact) mass is 331 g/mol. The second-order valence-electron chi connectivity index (χ2n) is 6.77. The number of amides is 1. The number of aromatic nitrogens is 1. The Morgan fingerprint density at radius 3 is 2.62 bits per heavy atom. The predicted octanol–water partition coefficient (Wildman–Crippen LogP) is 2.92. The number of rotatable bonds is 7. The van der Waals surface area contributed by atoms with E-state index in [1.165, 1.54) is 0 Å². The van der Waals surface area contributed by atoms with Gasteiger partial charge in [0, 0.05) is 18.0 Å². The van der Waals surface area contributed by atoms with E-state index in [-0.39, 0.29) is 17.9 Å². The van der Waals surface area contributed by atoms with Gasteiger partial charge in [-0.25, -0.2) is 0 Å². The predicted molar refractivity (Wildman–Crippen MR) is 93.3 cm³/mol. The van der Waals surface area contributed by atoms with E-state index in [1.807, 2.05) is 63.1 Å². The van der Waals surface area contributed by atoms with E-state index >= 15 is 0 Å². The molecule has 1 N–H and O–H groups in total. The van der Waals surface area contributed by atoms with Gasteiger partial charge in [0.1, 0.15) is 12.4 Å². The molecule has 0 atom stereocenters. The first-order valence-corrected chi connectivity index (χ1v) is 7.98. The molecule has 0 unspecified atom stereocenters. The van der Waals surface area contributed by atoms with Gasteiger partial charge in [0.25, 0.3) is 0 Å². The van der Waals surface area contributed by atoms with Crippen molar-refractivity contribution in [1.82, 2.24) is 10.1 Å². The first kappa shape index (κ1) is 18.0. The molecule has 0 aliphatic carbocycles. The lowest BCUT2D eigenvalue weighted by Crippen LogP contribution is -2.33. The molecule has 0 aliphatic rings. The number of para-hydroxylation sites is 1. The Balaban J connectivity index is 1.72. The van der Waals surface area contributed by atoms with Crippen LogP contribution < -0.4 is 10.1 Å². The van der Waals surface area contributed by atoms with Gasteiger partial charge in [-0.3, -0.25) is 15.0 Å². The molecule has 2 aromatic rings. The van der Waals surface area contributed by atoms with Crippen LogP contribution in [-0.4, -0.2) is 42.7 Å². The summed E-state index contributed by atoms with van der Waals surface area (Å²) in [5.41, 5.74) is 0.695. The molecule has 1 heterocycles. The zero-order chi connectivity index (χ0) is 17.6. The number of carbonyl (C=O) groups is 1. The minimum Gasteiger partial charge on any atom is -0.492 e. The quantitative estimate of drug-likeness (QED) is 0.845. The van der Waals surface area contributed by atoms with Gasteiger partial charge in [0.15, 0.2) is 0 Å². The molecule has 0 bridgehead atoms. The smallest absolute Gasteiger partial charge is 0.240 e. The van der Waals surface area contributed by atoms with Crippen LogP contribution in [0.2, 0.25) is 0 Å². The van der Waals surface area contributed by atoms with Crippen LogP contribution in [0, 0.1) is 0 Å². The minimum atomic E-state index is -0.145. The average Bonchev–Trinajstić information content (AvgIpc) is 2.96. The van der Waals surface area contributed by atoms with Crippen LogP contribution in [0.1, 0.15) is 26.5 Å². The number of hydrogen-bond donors (Lipinski definition) is 1. The van der Waals surface area contributed by atoms with E-state index in [9.17, 15) is 4.79 Å². The molecule has 6 heteroatoms. The molecule has 0 spiro atoms. The number of nitrogens with zero attached hydrogens (tertiary/aromatic N) is 2. The zero-order valence-electron chi connectivity index (χ0n) is 14.7. The van der Waals surface area contributed by atoms with Gasteiger partial charge in [-0.2, -0.15) is 0 Å². The van der Waals surface area contributed by atoms with E-state index in [2.05, 4.69) is 10.5 Å². The second-order valence-corrected chi connectivity index (χ2v) is 6.77. The molecule has 0 saturated heterocycles. The van der Waals surface area contributed by atoms with Gasteiger partial charge in [0.05, 0.1) is 12.2 Å². The van der Waals surface area contributed by atoms with Crippen LogP contribution in [0.4, 0.5) is 5.88 Å².